The van der Waals surface area contributed by atoms with Crippen LogP contribution in [0.25, 0.3) is 11.4 Å². The van der Waals surface area contributed by atoms with Crippen molar-refractivity contribution in [1.29, 1.82) is 0 Å². The molecule has 2 N–H and O–H groups in total. The van der Waals surface area contributed by atoms with E-state index in [1.807, 2.05) is 0 Å². The first-order chi connectivity index (χ1) is 7.48. The van der Waals surface area contributed by atoms with Crippen molar-refractivity contribution in [2.45, 2.75) is 4.90 Å². The van der Waals surface area contributed by atoms with Crippen LogP contribution < -0.4 is 5.14 Å². The Bertz CT molecular complexity index is 601. The van der Waals surface area contributed by atoms with Crippen molar-refractivity contribution in [2.24, 2.45) is 12.2 Å². The lowest BCUT2D eigenvalue weighted by atomic mass is 10.2. The number of nitrogens with two attached hydrogens (primary N) is 1. The van der Waals surface area contributed by atoms with Crippen molar-refractivity contribution >= 4 is 10.0 Å². The molecule has 0 saturated carbocycles. The van der Waals surface area contributed by atoms with Crippen molar-refractivity contribution in [3.63, 3.8) is 0 Å². The molecular weight excluding hydrogens is 228 g/mol. The molecule has 1 aromatic carbocycles. The van der Waals surface area contributed by atoms with E-state index in [0.29, 0.717) is 5.82 Å². The number of primary sulfonamides is 1. The van der Waals surface area contributed by atoms with Gasteiger partial charge in [0, 0.05) is 12.6 Å². The zero-order valence-electron chi connectivity index (χ0n) is 8.45. The van der Waals surface area contributed by atoms with Gasteiger partial charge in [0.1, 0.15) is 0 Å². The molecule has 7 heteroatoms. The van der Waals surface area contributed by atoms with Gasteiger partial charge in [-0.15, -0.1) is 10.2 Å². The molecule has 1 aromatic heterocycles. The lowest BCUT2D eigenvalue weighted by Crippen LogP contribution is -2.11. The predicted octanol–water partition coefficient (Wildman–Crippen LogP) is -0.0703. The normalized spacial score (nSPS) is 11.6. The predicted molar refractivity (Wildman–Crippen MR) is 56.6 cm³/mol. The quantitative estimate of drug-likeness (QED) is 0.791. The molecule has 0 aliphatic carbocycles. The van der Waals surface area contributed by atoms with Crippen LogP contribution in [-0.2, 0) is 17.1 Å². The third-order valence-corrected chi connectivity index (χ3v) is 3.03. The molecule has 2 rings (SSSR count). The third-order valence-electron chi connectivity index (χ3n) is 2.10. The maximum absolute atomic E-state index is 11.0. The Balaban J connectivity index is 2.45. The van der Waals surface area contributed by atoms with Crippen LogP contribution in [0.3, 0.4) is 0 Å². The Hall–Kier alpha value is -1.73. The molecule has 0 unspecified atom stereocenters. The van der Waals surface area contributed by atoms with Gasteiger partial charge >= 0.3 is 0 Å². The van der Waals surface area contributed by atoms with E-state index in [4.69, 9.17) is 5.14 Å². The molecule has 1 heterocycles. The smallest absolute Gasteiger partial charge is 0.238 e. The minimum atomic E-state index is -3.65. The third kappa shape index (κ3) is 1.95. The highest BCUT2D eigenvalue weighted by molar-refractivity contribution is 7.89. The Morgan fingerprint density at radius 1 is 1.31 bits per heavy atom. The van der Waals surface area contributed by atoms with Crippen molar-refractivity contribution in [1.82, 2.24) is 14.8 Å². The van der Waals surface area contributed by atoms with Crippen LogP contribution in [0.4, 0.5) is 0 Å². The SMILES string of the molecule is Cn1[c]nnc1-c1ccc(S(N)(=O)=O)cc1. The van der Waals surface area contributed by atoms with Gasteiger partial charge in [-0.25, -0.2) is 13.6 Å². The molecule has 0 aliphatic rings. The number of aryl methyl sites for hydroxylation is 1. The number of hydrogen-bond donors (Lipinski definition) is 1. The molecule has 83 valence electrons. The van der Waals surface area contributed by atoms with Crippen molar-refractivity contribution in [3.05, 3.63) is 30.6 Å². The van der Waals surface area contributed by atoms with Crippen LogP contribution in [-0.4, -0.2) is 23.2 Å². The molecular formula is C9H9N4O2S. The minimum absolute atomic E-state index is 0.0717. The Labute approximate surface area is 92.8 Å². The molecule has 0 bridgehead atoms. The number of aromatic nitrogens is 3. The first-order valence-corrected chi connectivity index (χ1v) is 5.93. The van der Waals surface area contributed by atoms with Gasteiger partial charge in [0.15, 0.2) is 5.82 Å². The fourth-order valence-electron chi connectivity index (χ4n) is 1.30. The molecule has 6 nitrogen and oxygen atoms in total. The molecule has 0 spiro atoms. The number of sulfonamides is 1. The summed E-state index contributed by atoms with van der Waals surface area (Å²) < 4.78 is 23.7. The summed E-state index contributed by atoms with van der Waals surface area (Å²) in [5, 5.41) is 12.5. The maximum Gasteiger partial charge on any atom is 0.238 e. The van der Waals surface area contributed by atoms with E-state index in [2.05, 4.69) is 16.5 Å². The van der Waals surface area contributed by atoms with Crippen molar-refractivity contribution < 1.29 is 8.42 Å². The van der Waals surface area contributed by atoms with Gasteiger partial charge in [-0.05, 0) is 24.3 Å². The van der Waals surface area contributed by atoms with Crippen LogP contribution in [0.15, 0.2) is 29.2 Å². The molecule has 16 heavy (non-hydrogen) atoms. The summed E-state index contributed by atoms with van der Waals surface area (Å²) in [7, 11) is -1.90. The second-order valence-electron chi connectivity index (χ2n) is 3.25. The van der Waals surface area contributed by atoms with Gasteiger partial charge in [0.2, 0.25) is 16.4 Å². The van der Waals surface area contributed by atoms with Crippen LogP contribution in [0.5, 0.6) is 0 Å². The highest BCUT2D eigenvalue weighted by Gasteiger charge is 2.09. The molecule has 0 saturated heterocycles. The molecule has 2 aromatic rings. The van der Waals surface area contributed by atoms with Crippen molar-refractivity contribution in [2.75, 3.05) is 0 Å². The lowest BCUT2D eigenvalue weighted by molar-refractivity contribution is 0.598. The molecule has 0 atom stereocenters. The maximum atomic E-state index is 11.0. The van der Waals surface area contributed by atoms with E-state index in [9.17, 15) is 8.42 Å². The first kappa shape index (κ1) is 10.8. The molecule has 0 fully saturated rings. The summed E-state index contributed by atoms with van der Waals surface area (Å²) in [4.78, 5) is 0.0717. The molecule has 1 radical (unpaired) electrons. The van der Waals surface area contributed by atoms with E-state index >= 15 is 0 Å². The van der Waals surface area contributed by atoms with Crippen LogP contribution in [0, 0.1) is 6.33 Å². The monoisotopic (exact) mass is 237 g/mol. The zero-order chi connectivity index (χ0) is 11.8. The molecule has 0 amide bonds. The van der Waals surface area contributed by atoms with Gasteiger partial charge in [0.25, 0.3) is 0 Å². The topological polar surface area (TPSA) is 90.9 Å². The standard InChI is InChI=1S/C9H9N4O2S/c1-13-6-11-12-9(13)7-2-4-8(5-3-7)16(10,14)15/h2-5H,1H3,(H2,10,14,15). The van der Waals surface area contributed by atoms with Gasteiger partial charge in [-0.1, -0.05) is 0 Å². The van der Waals surface area contributed by atoms with E-state index in [0.717, 1.165) is 5.56 Å². The van der Waals surface area contributed by atoms with Crippen LogP contribution >= 0.6 is 0 Å². The average Bonchev–Trinajstić information content (AvgIpc) is 2.63. The fourth-order valence-corrected chi connectivity index (χ4v) is 1.81. The summed E-state index contributed by atoms with van der Waals surface area (Å²) in [6.07, 6.45) is 2.62. The lowest BCUT2D eigenvalue weighted by Gasteiger charge is -2.01. The number of nitrogens with zero attached hydrogens (tertiary/aromatic N) is 3. The summed E-state index contributed by atoms with van der Waals surface area (Å²) in [5.41, 5.74) is 0.753. The largest absolute Gasteiger partial charge is 0.307 e. The number of hydrogen-bond acceptors (Lipinski definition) is 4. The Morgan fingerprint density at radius 3 is 2.38 bits per heavy atom. The molecule has 0 aliphatic heterocycles. The second-order valence-corrected chi connectivity index (χ2v) is 4.81. The average molecular weight is 237 g/mol. The number of rotatable bonds is 2. The van der Waals surface area contributed by atoms with E-state index in [1.54, 1.807) is 23.7 Å². The fraction of sp³-hybridized carbons (Fsp3) is 0.111. The summed E-state index contributed by atoms with van der Waals surface area (Å²) in [6, 6.07) is 6.11. The van der Waals surface area contributed by atoms with Crippen LogP contribution in [0.1, 0.15) is 0 Å². The number of benzene rings is 1. The summed E-state index contributed by atoms with van der Waals surface area (Å²) >= 11 is 0. The Morgan fingerprint density at radius 2 is 1.94 bits per heavy atom. The van der Waals surface area contributed by atoms with E-state index < -0.39 is 10.0 Å². The van der Waals surface area contributed by atoms with Gasteiger partial charge in [-0.3, -0.25) is 0 Å². The second kappa shape index (κ2) is 3.69. The highest BCUT2D eigenvalue weighted by Crippen LogP contribution is 2.17. The first-order valence-electron chi connectivity index (χ1n) is 4.39. The highest BCUT2D eigenvalue weighted by atomic mass is 32.2. The van der Waals surface area contributed by atoms with Crippen LogP contribution in [0.2, 0.25) is 0 Å². The Kier molecular flexibility index (Phi) is 2.49. The van der Waals surface area contributed by atoms with E-state index in [-0.39, 0.29) is 4.90 Å². The van der Waals surface area contributed by atoms with Crippen molar-refractivity contribution in [3.8, 4) is 11.4 Å². The van der Waals surface area contributed by atoms with E-state index in [1.165, 1.54) is 12.1 Å². The van der Waals surface area contributed by atoms with Gasteiger partial charge in [0.05, 0.1) is 4.90 Å². The van der Waals surface area contributed by atoms with Gasteiger partial charge in [-0.2, -0.15) is 0 Å². The summed E-state index contributed by atoms with van der Waals surface area (Å²) in [5.74, 6) is 0.612. The summed E-state index contributed by atoms with van der Waals surface area (Å²) in [6.45, 7) is 0. The van der Waals surface area contributed by atoms with Gasteiger partial charge < -0.3 is 4.57 Å². The minimum Gasteiger partial charge on any atom is -0.307 e. The zero-order valence-corrected chi connectivity index (χ0v) is 9.27.